The summed E-state index contributed by atoms with van der Waals surface area (Å²) in [6.07, 6.45) is -1.07. The van der Waals surface area contributed by atoms with E-state index in [-0.39, 0.29) is 35.9 Å². The molecule has 218 valence electrons. The fourth-order valence-electron chi connectivity index (χ4n) is 4.61. The predicted molar refractivity (Wildman–Crippen MR) is 142 cm³/mol. The Morgan fingerprint density at radius 3 is 2.68 bits per heavy atom. The number of hydrogen-bond acceptors (Lipinski definition) is 11. The van der Waals surface area contributed by atoms with Crippen molar-refractivity contribution in [1.29, 1.82) is 0 Å². The molecule has 2 aliphatic rings. The first-order valence-electron chi connectivity index (χ1n) is 13.1. The number of carbonyl (C=O) groups excluding carboxylic acids is 2. The van der Waals surface area contributed by atoms with Crippen LogP contribution < -0.4 is 20.3 Å². The molecule has 12 nitrogen and oxygen atoms in total. The van der Waals surface area contributed by atoms with Gasteiger partial charge in [-0.15, -0.1) is 33.6 Å². The fraction of sp³-hybridized carbons (Fsp3) is 0.480. The lowest BCUT2D eigenvalue weighted by molar-refractivity contribution is -0.276. The molecule has 0 radical (unpaired) electrons. The summed E-state index contributed by atoms with van der Waals surface area (Å²) in [7, 11) is 0. The van der Waals surface area contributed by atoms with Crippen LogP contribution in [0.4, 0.5) is 29.9 Å². The Morgan fingerprint density at radius 2 is 1.93 bits per heavy atom. The van der Waals surface area contributed by atoms with Crippen LogP contribution in [-0.2, 0) is 20.7 Å². The first kappa shape index (κ1) is 28.6. The predicted octanol–water partition coefficient (Wildman–Crippen LogP) is 3.69. The Labute approximate surface area is 236 Å². The number of amides is 2. The Bertz CT molecular complexity index is 1350. The standard InChI is InChI=1S/C25H27F3N8O4S/c26-25(27,28)40-22-6-3-4-16(29-22)12-20(37)30-18-7-8-19(33-32-18)36-10-9-15(14-36)23-34-35-24(41-23)31-21(38)13-17-5-1-2-11-39-17/h3-4,6-8,15,17H,1-2,5,9-14H2,(H,30,32,37)(H,31,35,38). The van der Waals surface area contributed by atoms with Gasteiger partial charge < -0.3 is 25.0 Å². The highest BCUT2D eigenvalue weighted by Crippen LogP contribution is 2.33. The molecule has 0 spiro atoms. The minimum atomic E-state index is -4.87. The van der Waals surface area contributed by atoms with Gasteiger partial charge in [-0.25, -0.2) is 4.98 Å². The van der Waals surface area contributed by atoms with Crippen LogP contribution in [0.25, 0.3) is 0 Å². The van der Waals surface area contributed by atoms with E-state index < -0.39 is 18.1 Å². The molecule has 2 saturated heterocycles. The van der Waals surface area contributed by atoms with Crippen LogP contribution in [0.3, 0.4) is 0 Å². The van der Waals surface area contributed by atoms with E-state index in [1.54, 1.807) is 12.1 Å². The van der Waals surface area contributed by atoms with Gasteiger partial charge in [-0.3, -0.25) is 9.59 Å². The minimum Gasteiger partial charge on any atom is -0.388 e. The number of ether oxygens (including phenoxy) is 2. The van der Waals surface area contributed by atoms with Crippen molar-refractivity contribution in [3.05, 3.63) is 41.0 Å². The minimum absolute atomic E-state index is 0.0452. The second kappa shape index (κ2) is 12.7. The second-order valence-corrected chi connectivity index (χ2v) is 10.6. The molecular weight excluding hydrogens is 565 g/mol. The molecule has 2 unspecified atom stereocenters. The third-order valence-corrected chi connectivity index (χ3v) is 7.50. The van der Waals surface area contributed by atoms with Crippen LogP contribution in [0.15, 0.2) is 30.3 Å². The number of anilines is 3. The number of hydrogen-bond donors (Lipinski definition) is 2. The number of halogens is 3. The normalized spacial score (nSPS) is 19.1. The summed E-state index contributed by atoms with van der Waals surface area (Å²) in [6.45, 7) is 2.05. The molecule has 16 heteroatoms. The van der Waals surface area contributed by atoms with Gasteiger partial charge in [0, 0.05) is 31.7 Å². The molecule has 0 bridgehead atoms. The van der Waals surface area contributed by atoms with E-state index in [1.165, 1.54) is 23.5 Å². The van der Waals surface area contributed by atoms with E-state index in [9.17, 15) is 22.8 Å². The fourth-order valence-corrected chi connectivity index (χ4v) is 5.49. The van der Waals surface area contributed by atoms with Gasteiger partial charge in [0.25, 0.3) is 0 Å². The number of nitrogens with zero attached hydrogens (tertiary/aromatic N) is 6. The molecule has 0 aliphatic carbocycles. The molecule has 2 amide bonds. The van der Waals surface area contributed by atoms with Gasteiger partial charge in [0.15, 0.2) is 11.6 Å². The smallest absolute Gasteiger partial charge is 0.388 e. The van der Waals surface area contributed by atoms with Crippen molar-refractivity contribution in [3.8, 4) is 5.88 Å². The molecule has 0 aromatic carbocycles. The summed E-state index contributed by atoms with van der Waals surface area (Å²) in [4.78, 5) is 30.4. The van der Waals surface area contributed by atoms with Gasteiger partial charge in [-0.2, -0.15) is 0 Å². The highest BCUT2D eigenvalue weighted by atomic mass is 32.1. The van der Waals surface area contributed by atoms with Gasteiger partial charge in [0.2, 0.25) is 22.8 Å². The van der Waals surface area contributed by atoms with E-state index in [0.717, 1.165) is 36.8 Å². The van der Waals surface area contributed by atoms with Crippen LogP contribution in [-0.4, -0.2) is 69.4 Å². The van der Waals surface area contributed by atoms with Crippen LogP contribution in [0, 0.1) is 0 Å². The van der Waals surface area contributed by atoms with Gasteiger partial charge in [-0.05, 0) is 43.9 Å². The Kier molecular flexibility index (Phi) is 8.87. The molecular formula is C25H27F3N8O4S. The van der Waals surface area contributed by atoms with E-state index in [4.69, 9.17) is 4.74 Å². The number of nitrogens with one attached hydrogen (secondary N) is 2. The highest BCUT2D eigenvalue weighted by Gasteiger charge is 2.32. The first-order chi connectivity index (χ1) is 19.7. The second-order valence-electron chi connectivity index (χ2n) is 9.63. The molecule has 41 heavy (non-hydrogen) atoms. The summed E-state index contributed by atoms with van der Waals surface area (Å²) in [6, 6.07) is 7.11. The Balaban J connectivity index is 1.09. The topological polar surface area (TPSA) is 144 Å². The van der Waals surface area contributed by atoms with Crippen molar-refractivity contribution in [2.75, 3.05) is 35.2 Å². The SMILES string of the molecule is O=C(Cc1cccc(OC(F)(F)F)n1)Nc1ccc(N2CCC(c3nnc(NC(=O)CC4CCCCO4)s3)C2)nn1. The molecule has 2 fully saturated rings. The van der Waals surface area contributed by atoms with Crippen LogP contribution in [0.2, 0.25) is 0 Å². The Morgan fingerprint density at radius 1 is 1.05 bits per heavy atom. The largest absolute Gasteiger partial charge is 0.574 e. The van der Waals surface area contributed by atoms with Crippen LogP contribution in [0.1, 0.15) is 48.7 Å². The number of pyridine rings is 1. The third-order valence-electron chi connectivity index (χ3n) is 6.50. The zero-order valence-electron chi connectivity index (χ0n) is 21.8. The summed E-state index contributed by atoms with van der Waals surface area (Å²) < 4.78 is 46.6. The maximum Gasteiger partial charge on any atom is 0.574 e. The van der Waals surface area contributed by atoms with E-state index in [1.807, 2.05) is 4.90 Å². The molecule has 2 atom stereocenters. The van der Waals surface area contributed by atoms with Crippen molar-refractivity contribution in [2.45, 2.75) is 56.9 Å². The molecule has 2 aliphatic heterocycles. The van der Waals surface area contributed by atoms with Gasteiger partial charge in [-0.1, -0.05) is 17.4 Å². The average molecular weight is 593 g/mol. The van der Waals surface area contributed by atoms with Gasteiger partial charge in [0.1, 0.15) is 5.01 Å². The van der Waals surface area contributed by atoms with Gasteiger partial charge in [0.05, 0.1) is 24.6 Å². The van der Waals surface area contributed by atoms with Crippen LogP contribution >= 0.6 is 11.3 Å². The zero-order valence-corrected chi connectivity index (χ0v) is 22.6. The summed E-state index contributed by atoms with van der Waals surface area (Å²) in [5.74, 6) is -0.360. The third kappa shape index (κ3) is 8.29. The van der Waals surface area contributed by atoms with E-state index in [0.29, 0.717) is 37.1 Å². The number of aromatic nitrogens is 5. The van der Waals surface area contributed by atoms with Crippen molar-refractivity contribution in [1.82, 2.24) is 25.4 Å². The summed E-state index contributed by atoms with van der Waals surface area (Å²) in [5.41, 5.74) is 0.106. The van der Waals surface area contributed by atoms with Crippen molar-refractivity contribution >= 4 is 39.9 Å². The van der Waals surface area contributed by atoms with Crippen LogP contribution in [0.5, 0.6) is 5.88 Å². The molecule has 2 N–H and O–H groups in total. The van der Waals surface area contributed by atoms with Crippen molar-refractivity contribution < 1.29 is 32.2 Å². The number of carbonyl (C=O) groups is 2. The maximum absolute atomic E-state index is 12.4. The van der Waals surface area contributed by atoms with Crippen molar-refractivity contribution in [2.24, 2.45) is 0 Å². The maximum atomic E-state index is 12.4. The van der Waals surface area contributed by atoms with Gasteiger partial charge >= 0.3 is 6.36 Å². The number of rotatable bonds is 9. The lowest BCUT2D eigenvalue weighted by Crippen LogP contribution is -2.25. The van der Waals surface area contributed by atoms with E-state index >= 15 is 0 Å². The molecule has 5 rings (SSSR count). The lowest BCUT2D eigenvalue weighted by atomic mass is 10.1. The van der Waals surface area contributed by atoms with E-state index in [2.05, 4.69) is 40.7 Å². The number of alkyl halides is 3. The van der Waals surface area contributed by atoms with Crippen molar-refractivity contribution in [3.63, 3.8) is 0 Å². The monoisotopic (exact) mass is 592 g/mol. The quantitative estimate of drug-likeness (QED) is 0.377. The molecule has 3 aromatic heterocycles. The molecule has 0 saturated carbocycles. The summed E-state index contributed by atoms with van der Waals surface area (Å²) >= 11 is 1.36. The lowest BCUT2D eigenvalue weighted by Gasteiger charge is -2.21. The average Bonchev–Trinajstić information content (AvgIpc) is 3.59. The molecule has 3 aromatic rings. The zero-order chi connectivity index (χ0) is 28.8. The molecule has 5 heterocycles. The Hall–Kier alpha value is -3.92. The highest BCUT2D eigenvalue weighted by molar-refractivity contribution is 7.15. The summed E-state index contributed by atoms with van der Waals surface area (Å²) in [5, 5.41) is 23.3. The first-order valence-corrected chi connectivity index (χ1v) is 13.9.